The Morgan fingerprint density at radius 3 is 2.25 bits per heavy atom. The summed E-state index contributed by atoms with van der Waals surface area (Å²) in [6, 6.07) is 0. The monoisotopic (exact) mass is 287 g/mol. The van der Waals surface area contributed by atoms with Crippen molar-refractivity contribution in [2.45, 2.75) is 52.2 Å². The van der Waals surface area contributed by atoms with E-state index in [4.69, 9.17) is 14.6 Å². The van der Waals surface area contributed by atoms with Crippen LogP contribution in [0.2, 0.25) is 0 Å². The largest absolute Gasteiger partial charge is 0.481 e. The van der Waals surface area contributed by atoms with Gasteiger partial charge < -0.3 is 19.5 Å². The average molecular weight is 287 g/mol. The fourth-order valence-corrected chi connectivity index (χ4v) is 1.98. The van der Waals surface area contributed by atoms with Gasteiger partial charge in [0.2, 0.25) is 0 Å². The molecule has 0 spiro atoms. The zero-order valence-electron chi connectivity index (χ0n) is 12.9. The Morgan fingerprint density at radius 2 is 1.85 bits per heavy atom. The van der Waals surface area contributed by atoms with Crippen LogP contribution in [0.1, 0.15) is 41.0 Å². The Bertz CT molecular complexity index is 366. The van der Waals surface area contributed by atoms with Crippen LogP contribution in [-0.4, -0.2) is 53.0 Å². The maximum atomic E-state index is 11.9. The van der Waals surface area contributed by atoms with E-state index in [1.807, 2.05) is 13.8 Å². The van der Waals surface area contributed by atoms with E-state index in [0.717, 1.165) is 0 Å². The second-order valence-corrected chi connectivity index (χ2v) is 6.79. The first-order valence-corrected chi connectivity index (χ1v) is 6.87. The van der Waals surface area contributed by atoms with Crippen LogP contribution in [0.15, 0.2) is 0 Å². The number of amides is 1. The van der Waals surface area contributed by atoms with Crippen LogP contribution in [-0.2, 0) is 14.3 Å². The molecule has 0 atom stereocenters. The van der Waals surface area contributed by atoms with E-state index in [1.54, 1.807) is 20.8 Å². The quantitative estimate of drug-likeness (QED) is 0.838. The molecule has 0 aliphatic carbocycles. The second-order valence-electron chi connectivity index (χ2n) is 6.79. The van der Waals surface area contributed by atoms with E-state index < -0.39 is 23.3 Å². The van der Waals surface area contributed by atoms with Crippen molar-refractivity contribution in [2.75, 3.05) is 19.7 Å². The van der Waals surface area contributed by atoms with E-state index in [-0.39, 0.29) is 19.5 Å². The van der Waals surface area contributed by atoms with Crippen molar-refractivity contribution >= 4 is 12.1 Å². The molecular weight excluding hydrogens is 262 g/mol. The highest BCUT2D eigenvalue weighted by Crippen LogP contribution is 2.31. The van der Waals surface area contributed by atoms with Gasteiger partial charge in [-0.05, 0) is 26.7 Å². The Kier molecular flexibility index (Phi) is 5.02. The van der Waals surface area contributed by atoms with Gasteiger partial charge in [-0.25, -0.2) is 4.79 Å². The van der Waals surface area contributed by atoms with E-state index in [0.29, 0.717) is 12.5 Å². The van der Waals surface area contributed by atoms with Gasteiger partial charge in [0.15, 0.2) is 0 Å². The van der Waals surface area contributed by atoms with Gasteiger partial charge in [-0.15, -0.1) is 0 Å². The molecule has 0 aromatic carbocycles. The van der Waals surface area contributed by atoms with Crippen molar-refractivity contribution in [1.82, 2.24) is 4.90 Å². The Morgan fingerprint density at radius 1 is 1.30 bits per heavy atom. The summed E-state index contributed by atoms with van der Waals surface area (Å²) in [5.74, 6) is -0.603. The molecule has 1 fully saturated rings. The van der Waals surface area contributed by atoms with Gasteiger partial charge in [0, 0.05) is 6.61 Å². The van der Waals surface area contributed by atoms with Gasteiger partial charge in [-0.1, -0.05) is 13.8 Å². The summed E-state index contributed by atoms with van der Waals surface area (Å²) in [7, 11) is 0. The van der Waals surface area contributed by atoms with Crippen LogP contribution < -0.4 is 0 Å². The topological polar surface area (TPSA) is 76.1 Å². The maximum absolute atomic E-state index is 11.9. The predicted octanol–water partition coefficient (Wildman–Crippen LogP) is 2.12. The van der Waals surface area contributed by atoms with Crippen molar-refractivity contribution in [1.29, 1.82) is 0 Å². The number of ether oxygens (including phenoxy) is 2. The lowest BCUT2D eigenvalue weighted by Crippen LogP contribution is -2.66. The highest BCUT2D eigenvalue weighted by Gasteiger charge is 2.49. The van der Waals surface area contributed by atoms with Gasteiger partial charge in [-0.2, -0.15) is 0 Å². The van der Waals surface area contributed by atoms with Crippen LogP contribution in [0, 0.1) is 5.92 Å². The minimum Gasteiger partial charge on any atom is -0.481 e. The number of carboxylic acid groups (broad SMARTS) is 1. The number of hydrogen-bond acceptors (Lipinski definition) is 4. The molecule has 6 nitrogen and oxygen atoms in total. The van der Waals surface area contributed by atoms with Crippen molar-refractivity contribution < 1.29 is 24.2 Å². The molecule has 0 bridgehead atoms. The van der Waals surface area contributed by atoms with Crippen molar-refractivity contribution in [3.63, 3.8) is 0 Å². The predicted molar refractivity (Wildman–Crippen MR) is 73.6 cm³/mol. The Balaban J connectivity index is 2.56. The normalized spacial score (nSPS) is 17.8. The maximum Gasteiger partial charge on any atom is 0.410 e. The molecule has 0 radical (unpaired) electrons. The molecule has 1 rings (SSSR count). The fraction of sp³-hybridized carbons (Fsp3) is 0.857. The number of hydrogen-bond donors (Lipinski definition) is 1. The molecule has 1 aliphatic rings. The molecule has 0 aromatic rings. The van der Waals surface area contributed by atoms with Crippen LogP contribution in [0.4, 0.5) is 4.79 Å². The highest BCUT2D eigenvalue weighted by atomic mass is 16.6. The summed E-state index contributed by atoms with van der Waals surface area (Å²) >= 11 is 0. The van der Waals surface area contributed by atoms with Gasteiger partial charge in [0.05, 0.1) is 19.5 Å². The van der Waals surface area contributed by atoms with Crippen LogP contribution in [0.5, 0.6) is 0 Å². The summed E-state index contributed by atoms with van der Waals surface area (Å²) < 4.78 is 11.0. The van der Waals surface area contributed by atoms with E-state index >= 15 is 0 Å². The minimum absolute atomic E-state index is 0.0982. The minimum atomic E-state index is -0.919. The number of carboxylic acids is 1. The second kappa shape index (κ2) is 5.99. The SMILES string of the molecule is CC(C)COC1(CC(=O)O)CN(C(=O)OC(C)(C)C)C1. The fourth-order valence-electron chi connectivity index (χ4n) is 1.98. The standard InChI is InChI=1S/C14H25NO5/c1-10(2)7-19-14(6-11(16)17)8-15(9-14)12(18)20-13(3,4)5/h10H,6-9H2,1-5H3,(H,16,17). The number of carbonyl (C=O) groups is 2. The lowest BCUT2D eigenvalue weighted by molar-refractivity contribution is -0.169. The number of likely N-dealkylation sites (tertiary alicyclic amines) is 1. The summed E-state index contributed by atoms with van der Waals surface area (Å²) in [6.07, 6.45) is -0.523. The summed E-state index contributed by atoms with van der Waals surface area (Å²) in [5.41, 5.74) is -1.33. The lowest BCUT2D eigenvalue weighted by Gasteiger charge is -2.49. The summed E-state index contributed by atoms with van der Waals surface area (Å²) in [4.78, 5) is 24.3. The first-order chi connectivity index (χ1) is 9.03. The first-order valence-electron chi connectivity index (χ1n) is 6.87. The molecule has 0 saturated carbocycles. The smallest absolute Gasteiger partial charge is 0.410 e. The molecule has 1 heterocycles. The molecular formula is C14H25NO5. The van der Waals surface area contributed by atoms with E-state index in [2.05, 4.69) is 0 Å². The van der Waals surface area contributed by atoms with Crippen molar-refractivity contribution in [3.05, 3.63) is 0 Å². The third kappa shape index (κ3) is 5.00. The molecule has 1 saturated heterocycles. The zero-order valence-corrected chi connectivity index (χ0v) is 12.9. The van der Waals surface area contributed by atoms with Crippen molar-refractivity contribution in [2.24, 2.45) is 5.92 Å². The number of aliphatic carboxylic acids is 1. The molecule has 1 amide bonds. The number of nitrogens with zero attached hydrogens (tertiary/aromatic N) is 1. The first kappa shape index (κ1) is 16.8. The molecule has 6 heteroatoms. The van der Waals surface area contributed by atoms with E-state index in [9.17, 15) is 9.59 Å². The van der Waals surface area contributed by atoms with Gasteiger partial charge in [-0.3, -0.25) is 4.79 Å². The summed E-state index contributed by atoms with van der Waals surface area (Å²) in [6.45, 7) is 10.4. The van der Waals surface area contributed by atoms with Gasteiger partial charge in [0.25, 0.3) is 0 Å². The molecule has 1 aliphatic heterocycles. The van der Waals surface area contributed by atoms with Crippen molar-refractivity contribution in [3.8, 4) is 0 Å². The van der Waals surface area contributed by atoms with Gasteiger partial charge in [0.1, 0.15) is 11.2 Å². The van der Waals surface area contributed by atoms with Crippen LogP contribution >= 0.6 is 0 Å². The number of rotatable bonds is 5. The van der Waals surface area contributed by atoms with E-state index in [1.165, 1.54) is 4.90 Å². The Labute approximate surface area is 120 Å². The van der Waals surface area contributed by atoms with Crippen LogP contribution in [0.3, 0.4) is 0 Å². The molecule has 1 N–H and O–H groups in total. The average Bonchev–Trinajstić information content (AvgIpc) is 2.17. The third-order valence-electron chi connectivity index (χ3n) is 2.81. The molecule has 116 valence electrons. The Hall–Kier alpha value is -1.30. The zero-order chi connectivity index (χ0) is 15.6. The molecule has 0 unspecified atom stereocenters. The van der Waals surface area contributed by atoms with Gasteiger partial charge >= 0.3 is 12.1 Å². The highest BCUT2D eigenvalue weighted by molar-refractivity contribution is 5.72. The van der Waals surface area contributed by atoms with Crippen LogP contribution in [0.25, 0.3) is 0 Å². The number of carbonyl (C=O) groups excluding carboxylic acids is 1. The summed E-state index contributed by atoms with van der Waals surface area (Å²) in [5, 5.41) is 8.98. The lowest BCUT2D eigenvalue weighted by atomic mass is 9.90. The third-order valence-corrected chi connectivity index (χ3v) is 2.81. The molecule has 20 heavy (non-hydrogen) atoms. The molecule has 0 aromatic heterocycles.